The van der Waals surface area contributed by atoms with Crippen LogP contribution in [-0.2, 0) is 28.7 Å². The minimum absolute atomic E-state index is 0. The molecule has 1 unspecified atom stereocenters. The highest BCUT2D eigenvalue weighted by Gasteiger charge is 2.40. The van der Waals surface area contributed by atoms with E-state index in [2.05, 4.69) is 23.2 Å². The number of aliphatic carboxylic acids is 1. The summed E-state index contributed by atoms with van der Waals surface area (Å²) >= 11 is 0. The summed E-state index contributed by atoms with van der Waals surface area (Å²) in [6.45, 7) is 11.7. The van der Waals surface area contributed by atoms with Crippen molar-refractivity contribution in [3.63, 3.8) is 0 Å². The zero-order valence-corrected chi connectivity index (χ0v) is 27.9. The van der Waals surface area contributed by atoms with E-state index in [4.69, 9.17) is 14.9 Å². The van der Waals surface area contributed by atoms with Gasteiger partial charge in [0.25, 0.3) is 0 Å². The zero-order valence-electron chi connectivity index (χ0n) is 27.1. The molecule has 2 rings (SSSR count). The molecule has 0 bridgehead atoms. The highest BCUT2D eigenvalue weighted by Crippen LogP contribution is 2.23. The molecule has 0 aromatic heterocycles. The van der Waals surface area contributed by atoms with E-state index in [-0.39, 0.29) is 55.1 Å². The van der Waals surface area contributed by atoms with Gasteiger partial charge in [-0.1, -0.05) is 51.7 Å². The van der Waals surface area contributed by atoms with E-state index < -0.39 is 30.2 Å². The number of hydrogen-bond acceptors (Lipinski definition) is 9. The number of aliphatic hydroxyl groups is 2. The molecule has 0 aromatic carbocycles. The number of ether oxygens (including phenoxy) is 2. The smallest absolute Gasteiger partial charge is 0.328 e. The van der Waals surface area contributed by atoms with Crippen LogP contribution in [-0.4, -0.2) is 95.6 Å². The summed E-state index contributed by atoms with van der Waals surface area (Å²) in [6, 6.07) is -0.944. The predicted octanol–water partition coefficient (Wildman–Crippen LogP) is 4.04. The average Bonchev–Trinajstić information content (AvgIpc) is 3.61. The van der Waals surface area contributed by atoms with Crippen LogP contribution >= 0.6 is 12.4 Å². The van der Waals surface area contributed by atoms with Crippen molar-refractivity contribution in [1.29, 1.82) is 0 Å². The fourth-order valence-electron chi connectivity index (χ4n) is 4.82. The number of β-amino-alcohol motifs (C(OH)–C–C–N with tert-alkyl or cyclic N) is 2. The summed E-state index contributed by atoms with van der Waals surface area (Å²) in [6.07, 6.45) is 13.6. The van der Waals surface area contributed by atoms with E-state index >= 15 is 0 Å². The van der Waals surface area contributed by atoms with Crippen LogP contribution in [0, 0.1) is 11.8 Å². The van der Waals surface area contributed by atoms with Crippen molar-refractivity contribution in [2.75, 3.05) is 27.3 Å². The lowest BCUT2D eigenvalue weighted by Gasteiger charge is -2.25. The van der Waals surface area contributed by atoms with Gasteiger partial charge in [-0.3, -0.25) is 14.4 Å². The third-order valence-electron chi connectivity index (χ3n) is 7.56. The normalized spacial score (nSPS) is 21.6. The number of methoxy groups -OCH3 is 2. The Balaban J connectivity index is 0. The monoisotopic (exact) mass is 648 g/mol. The molecule has 12 heteroatoms. The Morgan fingerprint density at radius 1 is 0.841 bits per heavy atom. The Morgan fingerprint density at radius 3 is 1.80 bits per heavy atom. The number of nitrogens with zero attached hydrogens (tertiary/aromatic N) is 1. The molecule has 44 heavy (non-hydrogen) atoms. The van der Waals surface area contributed by atoms with Gasteiger partial charge in [-0.15, -0.1) is 25.6 Å². The van der Waals surface area contributed by atoms with Crippen molar-refractivity contribution in [2.24, 2.45) is 11.8 Å². The van der Waals surface area contributed by atoms with Crippen LogP contribution in [0.4, 0.5) is 0 Å². The molecule has 2 aliphatic heterocycles. The summed E-state index contributed by atoms with van der Waals surface area (Å²) in [7, 11) is 2.65. The number of carboxylic acid groups (broad SMARTS) is 1. The second-order valence-corrected chi connectivity index (χ2v) is 11.3. The number of hydrogen-bond donors (Lipinski definition) is 4. The molecule has 0 aromatic rings. The van der Waals surface area contributed by atoms with Crippen molar-refractivity contribution >= 4 is 36.2 Å². The first-order valence-electron chi connectivity index (χ1n) is 15.4. The topological polar surface area (TPSA) is 163 Å². The van der Waals surface area contributed by atoms with Crippen LogP contribution in [0.2, 0.25) is 0 Å². The molecule has 4 N–H and O–H groups in total. The number of esters is 2. The number of nitrogens with one attached hydrogen (secondary N) is 1. The van der Waals surface area contributed by atoms with E-state index in [1.54, 1.807) is 6.92 Å². The minimum Gasteiger partial charge on any atom is -0.481 e. The number of carbonyl (C=O) groups is 4. The fraction of sp³-hybridized carbons (Fsp3) is 0.750. The van der Waals surface area contributed by atoms with Gasteiger partial charge >= 0.3 is 17.9 Å². The number of rotatable bonds is 16. The molecule has 256 valence electrons. The number of halogens is 1. The Hall–Kier alpha value is -2.47. The number of allylic oxidation sites excluding steroid dienone is 2. The van der Waals surface area contributed by atoms with Gasteiger partial charge in [0.05, 0.1) is 32.3 Å². The lowest BCUT2D eigenvalue weighted by molar-refractivity contribution is -0.152. The molecule has 0 saturated carbocycles. The lowest BCUT2D eigenvalue weighted by atomic mass is 10.0. The highest BCUT2D eigenvalue weighted by molar-refractivity contribution is 5.86. The molecule has 11 nitrogen and oxygen atoms in total. The molecule has 0 aliphatic carbocycles. The predicted molar refractivity (Wildman–Crippen MR) is 172 cm³/mol. The fourth-order valence-corrected chi connectivity index (χ4v) is 4.82. The molecule has 2 saturated heterocycles. The van der Waals surface area contributed by atoms with E-state index in [0.29, 0.717) is 13.0 Å². The summed E-state index contributed by atoms with van der Waals surface area (Å²) in [5, 5.41) is 30.1. The average molecular weight is 649 g/mol. The Kier molecular flexibility index (Phi) is 25.6. The minimum atomic E-state index is -0.682. The Labute approximate surface area is 269 Å². The van der Waals surface area contributed by atoms with Crippen molar-refractivity contribution in [3.8, 4) is 0 Å². The zero-order chi connectivity index (χ0) is 32.8. The van der Waals surface area contributed by atoms with Gasteiger partial charge in [-0.05, 0) is 38.5 Å². The maximum atomic E-state index is 12.4. The molecular formula is C32H57ClN2O9. The quantitative estimate of drug-likeness (QED) is 0.109. The molecular weight excluding hydrogens is 592 g/mol. The molecule has 6 atom stereocenters. The molecule has 1 amide bonds. The summed E-state index contributed by atoms with van der Waals surface area (Å²) < 4.78 is 9.18. The third kappa shape index (κ3) is 18.4. The number of unbranched alkanes of at least 4 members (excludes halogenated alkanes) is 6. The first-order chi connectivity index (χ1) is 20.4. The van der Waals surface area contributed by atoms with Crippen molar-refractivity contribution in [2.45, 2.75) is 115 Å². The molecule has 2 heterocycles. The molecule has 0 spiro atoms. The van der Waals surface area contributed by atoms with Gasteiger partial charge in [-0.2, -0.15) is 0 Å². The number of amides is 1. The second-order valence-electron chi connectivity index (χ2n) is 11.3. The standard InChI is InChI=1S/C16H27NO4.C10H18O2.C6H11NO3.ClH/c1-4-5-6-7-8-9-12(2)15(19)17-11-13(18)10-14(17)16(20)21-3;1-3-4-5-6-7-8-9(2)10(11)12;1-10-6(9)5-2-4(8)3-7-5;/h4,12-14,18H,1,5-11H2,2-3H3;3,9H,1,4-8H2,2H3,(H,11,12);4-5,7-8H,2-3H2,1H3;1H/t12-,13-,14-;;4-,5-;/m0.0./s1. The number of carbonyl (C=O) groups excluding carboxylic acids is 3. The van der Waals surface area contributed by atoms with Gasteiger partial charge in [0, 0.05) is 31.8 Å². The first kappa shape index (κ1) is 43.7. The SMILES string of the molecule is C=CCCCCCC(C)C(=O)O.C=CCCCCC[C@H](C)C(=O)N1C[C@@H](O)C[C@H]1C(=O)OC.COC(=O)[C@@H]1C[C@H](O)CN1.Cl. The number of likely N-dealkylation sites (tertiary alicyclic amines) is 1. The molecule has 2 aliphatic rings. The van der Waals surface area contributed by atoms with E-state index in [9.17, 15) is 24.3 Å². The third-order valence-corrected chi connectivity index (χ3v) is 7.56. The molecule has 0 radical (unpaired) electrons. The van der Waals surface area contributed by atoms with E-state index in [1.165, 1.54) is 19.1 Å². The maximum Gasteiger partial charge on any atom is 0.328 e. The lowest BCUT2D eigenvalue weighted by Crippen LogP contribution is -2.43. The van der Waals surface area contributed by atoms with Crippen LogP contribution < -0.4 is 5.32 Å². The van der Waals surface area contributed by atoms with Gasteiger partial charge < -0.3 is 35.0 Å². The highest BCUT2D eigenvalue weighted by atomic mass is 35.5. The molecule has 2 fully saturated rings. The number of carboxylic acids is 1. The Bertz CT molecular complexity index is 858. The van der Waals surface area contributed by atoms with E-state index in [0.717, 1.165) is 64.2 Å². The van der Waals surface area contributed by atoms with Crippen molar-refractivity contribution < 1.29 is 44.0 Å². The van der Waals surface area contributed by atoms with Crippen LogP contribution in [0.15, 0.2) is 25.3 Å². The maximum absolute atomic E-state index is 12.4. The van der Waals surface area contributed by atoms with Crippen LogP contribution in [0.3, 0.4) is 0 Å². The number of aliphatic hydroxyl groups excluding tert-OH is 2. The summed E-state index contributed by atoms with van der Waals surface area (Å²) in [5.74, 6) is -1.81. The van der Waals surface area contributed by atoms with Gasteiger partial charge in [-0.25, -0.2) is 4.79 Å². The summed E-state index contributed by atoms with van der Waals surface area (Å²) in [4.78, 5) is 46.8. The summed E-state index contributed by atoms with van der Waals surface area (Å²) in [5.41, 5.74) is 0. The van der Waals surface area contributed by atoms with Crippen LogP contribution in [0.1, 0.15) is 90.9 Å². The second kappa shape index (κ2) is 25.8. The Morgan fingerprint density at radius 2 is 1.36 bits per heavy atom. The van der Waals surface area contributed by atoms with Gasteiger partial charge in [0.2, 0.25) is 5.91 Å². The van der Waals surface area contributed by atoms with Crippen LogP contribution in [0.5, 0.6) is 0 Å². The first-order valence-corrected chi connectivity index (χ1v) is 15.4. The van der Waals surface area contributed by atoms with Crippen molar-refractivity contribution in [1.82, 2.24) is 10.2 Å². The largest absolute Gasteiger partial charge is 0.481 e. The van der Waals surface area contributed by atoms with Crippen LogP contribution in [0.25, 0.3) is 0 Å². The van der Waals surface area contributed by atoms with E-state index in [1.807, 2.05) is 19.1 Å². The van der Waals surface area contributed by atoms with Gasteiger partial charge in [0.15, 0.2) is 0 Å². The van der Waals surface area contributed by atoms with Crippen molar-refractivity contribution in [3.05, 3.63) is 25.3 Å². The van der Waals surface area contributed by atoms with Gasteiger partial charge in [0.1, 0.15) is 12.1 Å².